The van der Waals surface area contributed by atoms with E-state index in [-0.39, 0.29) is 5.91 Å². The fourth-order valence-corrected chi connectivity index (χ4v) is 2.75. The van der Waals surface area contributed by atoms with Crippen molar-refractivity contribution in [3.63, 3.8) is 0 Å². The van der Waals surface area contributed by atoms with E-state index in [4.69, 9.17) is 19.8 Å². The Hall–Kier alpha value is -3.17. The molecule has 0 radical (unpaired) electrons. The average molecular weight is 506 g/mol. The molecule has 0 atom stereocenters. The topological polar surface area (TPSA) is 134 Å². The molecule has 9 nitrogen and oxygen atoms in total. The van der Waals surface area contributed by atoms with Crippen LogP contribution in [-0.2, 0) is 33.9 Å². The minimum absolute atomic E-state index is 0.00254. The number of carbonyl (C=O) groups is 3. The van der Waals surface area contributed by atoms with Crippen molar-refractivity contribution in [2.75, 3.05) is 0 Å². The molecule has 0 saturated carbocycles. The van der Waals surface area contributed by atoms with E-state index in [1.165, 1.54) is 0 Å². The Morgan fingerprint density at radius 3 is 1.91 bits per heavy atom. The summed E-state index contributed by atoms with van der Waals surface area (Å²) in [5.41, 5.74) is 1.89. The fourth-order valence-electron chi connectivity index (χ4n) is 1.92. The first kappa shape index (κ1) is 29.8. The maximum Gasteiger partial charge on any atom is 0.490 e. The Balaban J connectivity index is 0.000000605. The molecule has 0 fully saturated rings. The molecule has 0 aliphatic rings. The highest BCUT2D eigenvalue weighted by molar-refractivity contribution is 7.11. The second-order valence-corrected chi connectivity index (χ2v) is 7.37. The molecule has 2 rings (SSSR count). The average Bonchev–Trinajstić information content (AvgIpc) is 3.24. The van der Waals surface area contributed by atoms with Crippen LogP contribution in [0.5, 0.6) is 0 Å². The number of carboxylic acids is 2. The number of amides is 1. The van der Waals surface area contributed by atoms with Crippen molar-refractivity contribution in [1.29, 1.82) is 0 Å². The van der Waals surface area contributed by atoms with Crippen LogP contribution in [0.3, 0.4) is 0 Å². The number of hydrogen-bond donors (Lipinski definition) is 3. The van der Waals surface area contributed by atoms with Gasteiger partial charge in [0.2, 0.25) is 5.91 Å². The van der Waals surface area contributed by atoms with E-state index >= 15 is 0 Å². The van der Waals surface area contributed by atoms with E-state index in [1.807, 2.05) is 18.4 Å². The molecule has 1 amide bonds. The van der Waals surface area contributed by atoms with Crippen LogP contribution in [0, 0.1) is 13.8 Å². The molecule has 0 aliphatic carbocycles. The lowest BCUT2D eigenvalue weighted by atomic mass is 10.2. The lowest BCUT2D eigenvalue weighted by molar-refractivity contribution is -0.193. The highest BCUT2D eigenvalue weighted by Gasteiger charge is 2.38. The maximum absolute atomic E-state index is 11.9. The van der Waals surface area contributed by atoms with Crippen molar-refractivity contribution >= 4 is 29.2 Å². The van der Waals surface area contributed by atoms with Gasteiger partial charge in [0.15, 0.2) is 0 Å². The number of carboxylic acid groups (broad SMARTS) is 2. The first-order valence-corrected chi connectivity index (χ1v) is 9.59. The zero-order chi connectivity index (χ0) is 26.0. The van der Waals surface area contributed by atoms with E-state index < -0.39 is 24.3 Å². The summed E-state index contributed by atoms with van der Waals surface area (Å²) < 4.78 is 65.5. The predicted molar refractivity (Wildman–Crippen MR) is 102 cm³/mol. The number of nitrogens with one attached hydrogen (secondary N) is 1. The number of rotatable bonds is 5. The van der Waals surface area contributed by atoms with E-state index in [0.717, 1.165) is 27.8 Å². The molecule has 186 valence electrons. The number of aliphatic carboxylic acids is 2. The van der Waals surface area contributed by atoms with Gasteiger partial charge in [-0.05, 0) is 20.8 Å². The number of thiazole rings is 1. The number of alkyl halides is 6. The summed E-state index contributed by atoms with van der Waals surface area (Å²) in [5.74, 6) is -5.52. The zero-order valence-electron chi connectivity index (χ0n) is 17.4. The highest BCUT2D eigenvalue weighted by atomic mass is 32.1. The molecule has 2 aromatic rings. The Bertz CT molecular complexity index is 915. The van der Waals surface area contributed by atoms with Crippen molar-refractivity contribution in [3.05, 3.63) is 33.8 Å². The number of halogens is 6. The van der Waals surface area contributed by atoms with Gasteiger partial charge in [0.25, 0.3) is 0 Å². The lowest BCUT2D eigenvalue weighted by Gasteiger charge is -2.06. The van der Waals surface area contributed by atoms with Crippen LogP contribution in [-0.4, -0.2) is 54.9 Å². The number of carbonyl (C=O) groups excluding carboxylic acids is 1. The molecule has 0 aliphatic heterocycles. The SMILES string of the molecule is CCn1cncc1CNC(=O)Cc1nc(C)sc1C.O=C(O)C(F)(F)F.O=C(O)C(F)(F)F. The quantitative estimate of drug-likeness (QED) is 0.531. The third kappa shape index (κ3) is 11.9. The molecule has 0 spiro atoms. The van der Waals surface area contributed by atoms with Crippen LogP contribution >= 0.6 is 11.3 Å². The molecular weight excluding hydrogens is 486 g/mol. The van der Waals surface area contributed by atoms with Crippen molar-refractivity contribution in [3.8, 4) is 0 Å². The van der Waals surface area contributed by atoms with Gasteiger partial charge in [-0.2, -0.15) is 26.3 Å². The Kier molecular flexibility index (Phi) is 11.5. The van der Waals surface area contributed by atoms with Crippen LogP contribution in [0.25, 0.3) is 0 Å². The molecule has 0 aromatic carbocycles. The first-order chi connectivity index (χ1) is 15.0. The maximum atomic E-state index is 11.9. The molecule has 0 bridgehead atoms. The molecule has 16 heteroatoms. The van der Waals surface area contributed by atoms with Crippen LogP contribution in [0.1, 0.15) is 28.2 Å². The molecule has 3 N–H and O–H groups in total. The summed E-state index contributed by atoms with van der Waals surface area (Å²) in [6, 6.07) is 0. The largest absolute Gasteiger partial charge is 0.490 e. The van der Waals surface area contributed by atoms with Crippen molar-refractivity contribution in [2.24, 2.45) is 0 Å². The van der Waals surface area contributed by atoms with Crippen molar-refractivity contribution < 1.29 is 50.9 Å². The van der Waals surface area contributed by atoms with Gasteiger partial charge in [0.05, 0.1) is 35.7 Å². The second kappa shape index (κ2) is 12.8. The minimum Gasteiger partial charge on any atom is -0.475 e. The Morgan fingerprint density at radius 2 is 1.55 bits per heavy atom. The first-order valence-electron chi connectivity index (χ1n) is 8.77. The van der Waals surface area contributed by atoms with Gasteiger partial charge in [-0.25, -0.2) is 19.6 Å². The van der Waals surface area contributed by atoms with Gasteiger partial charge in [0, 0.05) is 17.6 Å². The fraction of sp³-hybridized carbons (Fsp3) is 0.471. The molecular formula is C17H20F6N4O5S. The van der Waals surface area contributed by atoms with E-state index in [0.29, 0.717) is 13.0 Å². The molecule has 0 unspecified atom stereocenters. The van der Waals surface area contributed by atoms with Crippen molar-refractivity contribution in [1.82, 2.24) is 19.9 Å². The number of aryl methyl sites for hydroxylation is 3. The van der Waals surface area contributed by atoms with E-state index in [1.54, 1.807) is 23.9 Å². The summed E-state index contributed by atoms with van der Waals surface area (Å²) in [6.07, 6.45) is -6.27. The summed E-state index contributed by atoms with van der Waals surface area (Å²) in [4.78, 5) is 39.2. The molecule has 0 saturated heterocycles. The highest BCUT2D eigenvalue weighted by Crippen LogP contribution is 2.17. The monoisotopic (exact) mass is 506 g/mol. The van der Waals surface area contributed by atoms with Crippen LogP contribution in [0.15, 0.2) is 12.5 Å². The van der Waals surface area contributed by atoms with E-state index in [9.17, 15) is 31.1 Å². The van der Waals surface area contributed by atoms with Gasteiger partial charge >= 0.3 is 24.3 Å². The van der Waals surface area contributed by atoms with Gasteiger partial charge in [0.1, 0.15) is 0 Å². The third-order valence-corrected chi connectivity index (χ3v) is 4.35. The Labute approximate surface area is 187 Å². The minimum atomic E-state index is -5.08. The number of nitrogens with zero attached hydrogens (tertiary/aromatic N) is 3. The lowest BCUT2D eigenvalue weighted by Crippen LogP contribution is -2.26. The summed E-state index contributed by atoms with van der Waals surface area (Å²) in [5, 5.41) is 18.2. The smallest absolute Gasteiger partial charge is 0.475 e. The number of aromatic nitrogens is 3. The van der Waals surface area contributed by atoms with Crippen LogP contribution in [0.4, 0.5) is 26.3 Å². The summed E-state index contributed by atoms with van der Waals surface area (Å²) in [7, 11) is 0. The molecule has 2 heterocycles. The Morgan fingerprint density at radius 1 is 1.06 bits per heavy atom. The van der Waals surface area contributed by atoms with Gasteiger partial charge in [-0.3, -0.25) is 4.79 Å². The standard InChI is InChI=1S/C13H18N4OS.2C2HF3O2/c1-4-17-8-14-6-11(17)7-15-13(18)5-12-9(2)19-10(3)16-12;2*3-2(4,5)1(6)7/h6,8H,4-5,7H2,1-3H3,(H,15,18);2*(H,6,7). The van der Waals surface area contributed by atoms with Gasteiger partial charge in [-0.1, -0.05) is 0 Å². The zero-order valence-corrected chi connectivity index (χ0v) is 18.2. The van der Waals surface area contributed by atoms with Crippen molar-refractivity contribution in [2.45, 2.75) is 52.6 Å². The van der Waals surface area contributed by atoms with Gasteiger partial charge < -0.3 is 20.1 Å². The normalized spacial score (nSPS) is 10.9. The molecule has 33 heavy (non-hydrogen) atoms. The van der Waals surface area contributed by atoms with Gasteiger partial charge in [-0.15, -0.1) is 11.3 Å². The van der Waals surface area contributed by atoms with E-state index in [2.05, 4.69) is 22.2 Å². The number of hydrogen-bond acceptors (Lipinski definition) is 6. The third-order valence-electron chi connectivity index (χ3n) is 3.42. The molecule has 2 aromatic heterocycles. The van der Waals surface area contributed by atoms with Crippen LogP contribution < -0.4 is 5.32 Å². The number of imidazole rings is 1. The van der Waals surface area contributed by atoms with Crippen LogP contribution in [0.2, 0.25) is 0 Å². The summed E-state index contributed by atoms with van der Waals surface area (Å²) >= 11 is 1.63. The predicted octanol–water partition coefficient (Wildman–Crippen LogP) is 3.10. The summed E-state index contributed by atoms with van der Waals surface area (Å²) in [6.45, 7) is 7.37. The second-order valence-electron chi connectivity index (χ2n) is 5.97.